The number of esters is 1. The van der Waals surface area contributed by atoms with Crippen LogP contribution in [0.25, 0.3) is 21.5 Å². The second kappa shape index (κ2) is 6.46. The smallest absolute Gasteiger partial charge is 0.357 e. The molecule has 3 aromatic rings. The average molecular weight is 339 g/mol. The van der Waals surface area contributed by atoms with Crippen LogP contribution in [-0.2, 0) is 4.74 Å². The first-order valence-electron chi connectivity index (χ1n) is 7.73. The minimum absolute atomic E-state index is 0.241. The summed E-state index contributed by atoms with van der Waals surface area (Å²) in [6, 6.07) is 8.13. The molecular formula is C18H17N3O2S. The first kappa shape index (κ1) is 16.2. The molecule has 0 aliphatic heterocycles. The standard InChI is InChI=1S/C18H17N3O2S/c1-4-23-18(22)15-9-24-17(21-15)11-5-6-14-12(7-11)13(8-19)16(20-14)10(2)3/h5-7,9-10,20H,4H2,1-3H3. The van der Waals surface area contributed by atoms with Crippen molar-refractivity contribution in [3.63, 3.8) is 0 Å². The largest absolute Gasteiger partial charge is 0.461 e. The summed E-state index contributed by atoms with van der Waals surface area (Å²) >= 11 is 1.39. The molecule has 5 nitrogen and oxygen atoms in total. The Morgan fingerprint density at radius 1 is 1.46 bits per heavy atom. The molecule has 0 unspecified atom stereocenters. The second-order valence-corrected chi connectivity index (χ2v) is 6.56. The topological polar surface area (TPSA) is 78.8 Å². The summed E-state index contributed by atoms with van der Waals surface area (Å²) in [6.07, 6.45) is 0. The van der Waals surface area contributed by atoms with E-state index in [0.29, 0.717) is 17.9 Å². The van der Waals surface area contributed by atoms with E-state index in [1.807, 2.05) is 18.2 Å². The number of benzene rings is 1. The van der Waals surface area contributed by atoms with Gasteiger partial charge in [0, 0.05) is 27.5 Å². The molecule has 0 atom stereocenters. The van der Waals surface area contributed by atoms with Gasteiger partial charge in [-0.3, -0.25) is 0 Å². The molecule has 0 aliphatic rings. The van der Waals surface area contributed by atoms with E-state index in [4.69, 9.17) is 4.74 Å². The summed E-state index contributed by atoms with van der Waals surface area (Å²) in [6.45, 7) is 6.20. The van der Waals surface area contributed by atoms with E-state index in [2.05, 4.69) is 29.9 Å². The predicted molar refractivity (Wildman–Crippen MR) is 94.2 cm³/mol. The number of H-pyrrole nitrogens is 1. The van der Waals surface area contributed by atoms with Gasteiger partial charge in [-0.15, -0.1) is 11.3 Å². The summed E-state index contributed by atoms with van der Waals surface area (Å²) in [5.41, 5.74) is 3.74. The summed E-state index contributed by atoms with van der Waals surface area (Å²) in [7, 11) is 0. The lowest BCUT2D eigenvalue weighted by Gasteiger charge is -2.00. The predicted octanol–water partition coefficient (Wildman–Crippen LogP) is 4.46. The van der Waals surface area contributed by atoms with Gasteiger partial charge in [0.15, 0.2) is 5.69 Å². The molecule has 1 N–H and O–H groups in total. The number of rotatable bonds is 4. The number of carbonyl (C=O) groups is 1. The quantitative estimate of drug-likeness (QED) is 0.712. The first-order valence-corrected chi connectivity index (χ1v) is 8.61. The normalized spacial score (nSPS) is 11.0. The maximum atomic E-state index is 11.8. The number of nitrogens with zero attached hydrogens (tertiary/aromatic N) is 2. The molecule has 0 spiro atoms. The lowest BCUT2D eigenvalue weighted by atomic mass is 10.0. The Kier molecular flexibility index (Phi) is 4.36. The van der Waals surface area contributed by atoms with Crippen LogP contribution < -0.4 is 0 Å². The van der Waals surface area contributed by atoms with Crippen LogP contribution in [-0.4, -0.2) is 22.5 Å². The molecular weight excluding hydrogens is 322 g/mol. The van der Waals surface area contributed by atoms with E-state index in [1.54, 1.807) is 12.3 Å². The number of fused-ring (bicyclic) bond motifs is 1. The first-order chi connectivity index (χ1) is 11.5. The van der Waals surface area contributed by atoms with E-state index < -0.39 is 5.97 Å². The van der Waals surface area contributed by atoms with Gasteiger partial charge in [0.25, 0.3) is 0 Å². The fraction of sp³-hybridized carbons (Fsp3) is 0.278. The van der Waals surface area contributed by atoms with Crippen LogP contribution in [0.3, 0.4) is 0 Å². The Hall–Kier alpha value is -2.65. The lowest BCUT2D eigenvalue weighted by Crippen LogP contribution is -2.04. The van der Waals surface area contributed by atoms with Crippen molar-refractivity contribution in [1.82, 2.24) is 9.97 Å². The van der Waals surface area contributed by atoms with Gasteiger partial charge in [-0.05, 0) is 31.0 Å². The van der Waals surface area contributed by atoms with Gasteiger partial charge < -0.3 is 9.72 Å². The van der Waals surface area contributed by atoms with Crippen LogP contribution in [0.5, 0.6) is 0 Å². The Balaban J connectivity index is 2.05. The minimum Gasteiger partial charge on any atom is -0.461 e. The zero-order chi connectivity index (χ0) is 17.3. The molecule has 1 aromatic carbocycles. The van der Waals surface area contributed by atoms with Crippen LogP contribution in [0.15, 0.2) is 23.6 Å². The summed E-state index contributed by atoms with van der Waals surface area (Å²) in [4.78, 5) is 19.4. The summed E-state index contributed by atoms with van der Waals surface area (Å²) in [5, 5.41) is 12.8. The van der Waals surface area contributed by atoms with Crippen molar-refractivity contribution in [3.05, 3.63) is 40.5 Å². The van der Waals surface area contributed by atoms with Crippen molar-refractivity contribution >= 4 is 28.2 Å². The van der Waals surface area contributed by atoms with Gasteiger partial charge in [-0.2, -0.15) is 5.26 Å². The number of nitrogens with one attached hydrogen (secondary N) is 1. The fourth-order valence-electron chi connectivity index (χ4n) is 2.60. The SMILES string of the molecule is CCOC(=O)c1csc(-c2ccc3[nH]c(C(C)C)c(C#N)c3c2)n1. The summed E-state index contributed by atoms with van der Waals surface area (Å²) < 4.78 is 4.97. The number of aromatic nitrogens is 2. The van der Waals surface area contributed by atoms with Crippen molar-refractivity contribution in [2.75, 3.05) is 6.61 Å². The molecule has 0 aliphatic carbocycles. The number of nitriles is 1. The molecule has 3 rings (SSSR count). The molecule has 0 saturated carbocycles. The molecule has 122 valence electrons. The van der Waals surface area contributed by atoms with Crippen molar-refractivity contribution in [3.8, 4) is 16.6 Å². The number of hydrogen-bond donors (Lipinski definition) is 1. The highest BCUT2D eigenvalue weighted by Crippen LogP contribution is 2.32. The molecule has 0 fully saturated rings. The Bertz CT molecular complexity index is 947. The van der Waals surface area contributed by atoms with Gasteiger partial charge in [0.1, 0.15) is 11.1 Å². The number of carbonyl (C=O) groups excluding carboxylic acids is 1. The number of hydrogen-bond acceptors (Lipinski definition) is 5. The third kappa shape index (κ3) is 2.79. The van der Waals surface area contributed by atoms with E-state index >= 15 is 0 Å². The molecule has 0 amide bonds. The monoisotopic (exact) mass is 339 g/mol. The highest BCUT2D eigenvalue weighted by molar-refractivity contribution is 7.13. The Morgan fingerprint density at radius 3 is 2.92 bits per heavy atom. The van der Waals surface area contributed by atoms with Gasteiger partial charge in [0.05, 0.1) is 12.2 Å². The molecule has 2 heterocycles. The third-order valence-corrected chi connectivity index (χ3v) is 4.64. The Morgan fingerprint density at radius 2 is 2.25 bits per heavy atom. The van der Waals surface area contributed by atoms with Crippen molar-refractivity contribution in [2.24, 2.45) is 0 Å². The van der Waals surface area contributed by atoms with Gasteiger partial charge in [-0.1, -0.05) is 13.8 Å². The van der Waals surface area contributed by atoms with Crippen LogP contribution in [0, 0.1) is 11.3 Å². The van der Waals surface area contributed by atoms with Crippen molar-refractivity contribution in [1.29, 1.82) is 5.26 Å². The van der Waals surface area contributed by atoms with Crippen molar-refractivity contribution < 1.29 is 9.53 Å². The van der Waals surface area contributed by atoms with E-state index in [-0.39, 0.29) is 5.92 Å². The third-order valence-electron chi connectivity index (χ3n) is 3.75. The highest BCUT2D eigenvalue weighted by Gasteiger charge is 2.16. The number of ether oxygens (including phenoxy) is 1. The van der Waals surface area contributed by atoms with E-state index in [0.717, 1.165) is 27.2 Å². The highest BCUT2D eigenvalue weighted by atomic mass is 32.1. The molecule has 24 heavy (non-hydrogen) atoms. The zero-order valence-corrected chi connectivity index (χ0v) is 14.5. The van der Waals surface area contributed by atoms with Crippen LogP contribution in [0.2, 0.25) is 0 Å². The molecule has 0 saturated heterocycles. The molecule has 0 bridgehead atoms. The van der Waals surface area contributed by atoms with Gasteiger partial charge in [-0.25, -0.2) is 9.78 Å². The van der Waals surface area contributed by atoms with Crippen LogP contribution in [0.4, 0.5) is 0 Å². The number of aromatic amines is 1. The maximum Gasteiger partial charge on any atom is 0.357 e. The molecule has 0 radical (unpaired) electrons. The second-order valence-electron chi connectivity index (χ2n) is 5.70. The van der Waals surface area contributed by atoms with Gasteiger partial charge in [0.2, 0.25) is 0 Å². The van der Waals surface area contributed by atoms with E-state index in [9.17, 15) is 10.1 Å². The minimum atomic E-state index is -0.414. The van der Waals surface area contributed by atoms with E-state index in [1.165, 1.54) is 11.3 Å². The van der Waals surface area contributed by atoms with Gasteiger partial charge >= 0.3 is 5.97 Å². The molecule has 6 heteroatoms. The summed E-state index contributed by atoms with van der Waals surface area (Å²) in [5.74, 6) is -0.173. The molecule has 2 aromatic heterocycles. The van der Waals surface area contributed by atoms with Crippen LogP contribution in [0.1, 0.15) is 48.4 Å². The zero-order valence-electron chi connectivity index (χ0n) is 13.7. The number of thiazole rings is 1. The van der Waals surface area contributed by atoms with Crippen LogP contribution >= 0.6 is 11.3 Å². The lowest BCUT2D eigenvalue weighted by molar-refractivity contribution is 0.0520. The van der Waals surface area contributed by atoms with Crippen molar-refractivity contribution in [2.45, 2.75) is 26.7 Å². The average Bonchev–Trinajstić information content (AvgIpc) is 3.19. The fourth-order valence-corrected chi connectivity index (χ4v) is 3.39. The Labute approximate surface area is 143 Å². The maximum absolute atomic E-state index is 11.8.